The van der Waals surface area contributed by atoms with E-state index in [1.807, 2.05) is 43.3 Å². The van der Waals surface area contributed by atoms with Crippen molar-refractivity contribution in [3.05, 3.63) is 77.9 Å². The molecule has 0 heterocycles. The number of rotatable bonds is 11. The summed E-state index contributed by atoms with van der Waals surface area (Å²) in [6, 6.07) is 20.1. The molecule has 0 spiro atoms. The fourth-order valence-electron chi connectivity index (χ4n) is 3.10. The van der Waals surface area contributed by atoms with Crippen molar-refractivity contribution >= 4 is 29.3 Å². The van der Waals surface area contributed by atoms with E-state index in [4.69, 9.17) is 14.2 Å². The van der Waals surface area contributed by atoms with Crippen molar-refractivity contribution in [1.82, 2.24) is 5.32 Å². The Morgan fingerprint density at radius 2 is 1.65 bits per heavy atom. The van der Waals surface area contributed by atoms with E-state index in [2.05, 4.69) is 10.6 Å². The monoisotopic (exact) mass is 480 g/mol. The molecule has 0 bridgehead atoms. The Hall–Kier alpha value is -3.65. The van der Waals surface area contributed by atoms with E-state index < -0.39 is 0 Å². The van der Waals surface area contributed by atoms with Gasteiger partial charge >= 0.3 is 0 Å². The Morgan fingerprint density at radius 3 is 2.38 bits per heavy atom. The molecule has 0 saturated carbocycles. The fourth-order valence-corrected chi connectivity index (χ4v) is 3.95. The number of carbonyl (C=O) groups excluding carboxylic acids is 2. The van der Waals surface area contributed by atoms with Gasteiger partial charge in [-0.25, -0.2) is 0 Å². The number of hydrogen-bond acceptors (Lipinski definition) is 6. The zero-order chi connectivity index (χ0) is 24.3. The van der Waals surface area contributed by atoms with Crippen molar-refractivity contribution in [1.29, 1.82) is 0 Å². The lowest BCUT2D eigenvalue weighted by Crippen LogP contribution is -2.28. The van der Waals surface area contributed by atoms with E-state index in [0.717, 1.165) is 16.2 Å². The summed E-state index contributed by atoms with van der Waals surface area (Å²) in [5, 5.41) is 5.70. The number of ether oxygens (including phenoxy) is 3. The Bertz CT molecular complexity index is 1120. The predicted molar refractivity (Wildman–Crippen MR) is 134 cm³/mol. The van der Waals surface area contributed by atoms with Gasteiger partial charge in [0.15, 0.2) is 11.5 Å². The average molecular weight is 481 g/mol. The highest BCUT2D eigenvalue weighted by molar-refractivity contribution is 8.00. The third-order valence-electron chi connectivity index (χ3n) is 4.84. The highest BCUT2D eigenvalue weighted by atomic mass is 32.2. The zero-order valence-electron chi connectivity index (χ0n) is 19.4. The van der Waals surface area contributed by atoms with Crippen LogP contribution in [0.4, 0.5) is 5.69 Å². The van der Waals surface area contributed by atoms with Crippen LogP contribution in [0.1, 0.15) is 15.9 Å². The third-order valence-corrected chi connectivity index (χ3v) is 5.91. The molecule has 0 fully saturated rings. The molecule has 0 radical (unpaired) electrons. The summed E-state index contributed by atoms with van der Waals surface area (Å²) in [6.45, 7) is 2.74. The topological polar surface area (TPSA) is 85.9 Å². The van der Waals surface area contributed by atoms with Gasteiger partial charge in [-0.15, -0.1) is 11.8 Å². The number of aryl methyl sites for hydroxylation is 1. The standard InChI is InChI=1S/C26H28N2O5S/c1-18-8-11-20(12-9-18)33-15-14-27-26(30)21-6-4-5-7-24(21)34-17-25(29)28-19-10-13-22(31-2)23(16-19)32-3/h4-13,16H,14-15,17H2,1-3H3,(H,27,30)(H,28,29). The number of thioether (sulfide) groups is 1. The first-order valence-electron chi connectivity index (χ1n) is 10.7. The van der Waals surface area contributed by atoms with Gasteiger partial charge in [0.1, 0.15) is 12.4 Å². The summed E-state index contributed by atoms with van der Waals surface area (Å²) in [6.07, 6.45) is 0. The number of methoxy groups -OCH3 is 2. The number of anilines is 1. The molecule has 3 aromatic rings. The average Bonchev–Trinajstić information content (AvgIpc) is 2.86. The molecule has 3 aromatic carbocycles. The number of hydrogen-bond donors (Lipinski definition) is 2. The van der Waals surface area contributed by atoms with Gasteiger partial charge in [0.05, 0.1) is 32.1 Å². The molecule has 178 valence electrons. The summed E-state index contributed by atoms with van der Waals surface area (Å²) in [5.74, 6) is 1.61. The van der Waals surface area contributed by atoms with Crippen molar-refractivity contribution in [2.24, 2.45) is 0 Å². The van der Waals surface area contributed by atoms with Gasteiger partial charge in [-0.3, -0.25) is 9.59 Å². The first kappa shape index (κ1) is 25.0. The maximum absolute atomic E-state index is 12.7. The van der Waals surface area contributed by atoms with E-state index in [0.29, 0.717) is 35.9 Å². The quantitative estimate of drug-likeness (QED) is 0.309. The van der Waals surface area contributed by atoms with Crippen molar-refractivity contribution in [3.8, 4) is 17.2 Å². The zero-order valence-corrected chi connectivity index (χ0v) is 20.2. The Labute approximate surface area is 203 Å². The molecule has 7 nitrogen and oxygen atoms in total. The first-order chi connectivity index (χ1) is 16.5. The Kier molecular flexibility index (Phi) is 9.22. The highest BCUT2D eigenvalue weighted by Crippen LogP contribution is 2.30. The van der Waals surface area contributed by atoms with Crippen molar-refractivity contribution in [2.75, 3.05) is 38.4 Å². The van der Waals surface area contributed by atoms with Crippen molar-refractivity contribution < 1.29 is 23.8 Å². The first-order valence-corrected chi connectivity index (χ1v) is 11.7. The van der Waals surface area contributed by atoms with Gasteiger partial charge in [0.2, 0.25) is 5.91 Å². The minimum atomic E-state index is -0.212. The normalized spacial score (nSPS) is 10.3. The molecule has 3 rings (SSSR count). The van der Waals surface area contributed by atoms with Crippen LogP contribution in [0.5, 0.6) is 17.2 Å². The lowest BCUT2D eigenvalue weighted by atomic mass is 10.2. The van der Waals surface area contributed by atoms with Crippen molar-refractivity contribution in [2.45, 2.75) is 11.8 Å². The van der Waals surface area contributed by atoms with E-state index in [9.17, 15) is 9.59 Å². The number of carbonyl (C=O) groups is 2. The molecule has 34 heavy (non-hydrogen) atoms. The maximum atomic E-state index is 12.7. The molecule has 0 aliphatic carbocycles. The second kappa shape index (κ2) is 12.6. The Balaban J connectivity index is 1.50. The van der Waals surface area contributed by atoms with Crippen LogP contribution in [-0.4, -0.2) is 44.9 Å². The van der Waals surface area contributed by atoms with Gasteiger partial charge in [-0.05, 0) is 43.3 Å². The van der Waals surface area contributed by atoms with Crippen LogP contribution in [-0.2, 0) is 4.79 Å². The minimum Gasteiger partial charge on any atom is -0.493 e. The number of nitrogens with one attached hydrogen (secondary N) is 2. The molecule has 0 aliphatic heterocycles. The highest BCUT2D eigenvalue weighted by Gasteiger charge is 2.13. The molecule has 0 atom stereocenters. The van der Waals surface area contributed by atoms with Crippen LogP contribution in [0.3, 0.4) is 0 Å². The van der Waals surface area contributed by atoms with Crippen LogP contribution in [0.15, 0.2) is 71.6 Å². The van der Waals surface area contributed by atoms with Gasteiger partial charge in [-0.2, -0.15) is 0 Å². The van der Waals surface area contributed by atoms with Gasteiger partial charge in [0.25, 0.3) is 5.91 Å². The van der Waals surface area contributed by atoms with Gasteiger partial charge < -0.3 is 24.8 Å². The fraction of sp³-hybridized carbons (Fsp3) is 0.231. The lowest BCUT2D eigenvalue weighted by molar-refractivity contribution is -0.113. The smallest absolute Gasteiger partial charge is 0.252 e. The van der Waals surface area contributed by atoms with Crippen LogP contribution in [0.25, 0.3) is 0 Å². The molecule has 2 amide bonds. The predicted octanol–water partition coefficient (Wildman–Crippen LogP) is 4.55. The third kappa shape index (κ3) is 7.18. The summed E-state index contributed by atoms with van der Waals surface area (Å²) >= 11 is 1.30. The largest absolute Gasteiger partial charge is 0.493 e. The molecular weight excluding hydrogens is 452 g/mol. The van der Waals surface area contributed by atoms with Crippen LogP contribution < -0.4 is 24.8 Å². The van der Waals surface area contributed by atoms with Crippen LogP contribution >= 0.6 is 11.8 Å². The van der Waals surface area contributed by atoms with E-state index in [1.165, 1.54) is 18.9 Å². The minimum absolute atomic E-state index is 0.148. The van der Waals surface area contributed by atoms with Gasteiger partial charge in [-0.1, -0.05) is 29.8 Å². The second-order valence-corrected chi connectivity index (χ2v) is 8.34. The SMILES string of the molecule is COc1ccc(NC(=O)CSc2ccccc2C(=O)NCCOc2ccc(C)cc2)cc1OC. The molecular formula is C26H28N2O5S. The number of benzene rings is 3. The summed E-state index contributed by atoms with van der Waals surface area (Å²) in [7, 11) is 3.09. The summed E-state index contributed by atoms with van der Waals surface area (Å²) < 4.78 is 16.1. The van der Waals surface area contributed by atoms with E-state index in [1.54, 1.807) is 37.4 Å². The second-order valence-electron chi connectivity index (χ2n) is 7.32. The summed E-state index contributed by atoms with van der Waals surface area (Å²) in [5.41, 5.74) is 2.27. The van der Waals surface area contributed by atoms with Gasteiger partial charge in [0, 0.05) is 16.6 Å². The maximum Gasteiger partial charge on any atom is 0.252 e. The van der Waals surface area contributed by atoms with Crippen LogP contribution in [0, 0.1) is 6.92 Å². The number of amides is 2. The molecule has 0 aliphatic rings. The van der Waals surface area contributed by atoms with E-state index >= 15 is 0 Å². The molecule has 0 unspecified atom stereocenters. The van der Waals surface area contributed by atoms with Crippen LogP contribution in [0.2, 0.25) is 0 Å². The van der Waals surface area contributed by atoms with E-state index in [-0.39, 0.29) is 17.6 Å². The van der Waals surface area contributed by atoms with Crippen molar-refractivity contribution in [3.63, 3.8) is 0 Å². The Morgan fingerprint density at radius 1 is 0.912 bits per heavy atom. The molecule has 2 N–H and O–H groups in total. The molecule has 8 heteroatoms. The molecule has 0 saturated heterocycles. The lowest BCUT2D eigenvalue weighted by Gasteiger charge is -2.12. The summed E-state index contributed by atoms with van der Waals surface area (Å²) in [4.78, 5) is 25.9. The molecule has 0 aromatic heterocycles.